The summed E-state index contributed by atoms with van der Waals surface area (Å²) in [5.74, 6) is 1.27. The van der Waals surface area contributed by atoms with Crippen LogP contribution in [0.4, 0.5) is 17.1 Å². The second kappa shape index (κ2) is 10.9. The molecule has 32 heavy (non-hydrogen) atoms. The molecule has 8 nitrogen and oxygen atoms in total. The number of anilines is 1. The Hall–Kier alpha value is -3.26. The van der Waals surface area contributed by atoms with Crippen LogP contribution in [-0.2, 0) is 0 Å². The molecule has 0 aliphatic rings. The van der Waals surface area contributed by atoms with Crippen LogP contribution in [-0.4, -0.2) is 41.0 Å². The highest BCUT2D eigenvalue weighted by Crippen LogP contribution is 2.32. The smallest absolute Gasteiger partial charge is 0.325 e. The van der Waals surface area contributed by atoms with Crippen LogP contribution < -0.4 is 16.6 Å². The van der Waals surface area contributed by atoms with Gasteiger partial charge in [-0.2, -0.15) is 0 Å². The number of benzene rings is 2. The summed E-state index contributed by atoms with van der Waals surface area (Å²) in [7, 11) is 0. The fourth-order valence-corrected chi connectivity index (χ4v) is 3.75. The molecule has 0 fully saturated rings. The number of aromatic nitrogens is 2. The molecule has 3 N–H and O–H groups in total. The van der Waals surface area contributed by atoms with Gasteiger partial charge in [-0.25, -0.2) is 4.79 Å². The van der Waals surface area contributed by atoms with Gasteiger partial charge in [-0.05, 0) is 24.0 Å². The minimum Gasteiger partial charge on any atom is -0.383 e. The number of hydrogen-bond acceptors (Lipinski definition) is 6. The van der Waals surface area contributed by atoms with Crippen LogP contribution in [0.1, 0.15) is 27.7 Å². The highest BCUT2D eigenvalue weighted by Gasteiger charge is 2.10. The van der Waals surface area contributed by atoms with Crippen molar-refractivity contribution in [2.75, 3.05) is 31.5 Å². The molecule has 170 valence electrons. The maximum atomic E-state index is 11.8. The summed E-state index contributed by atoms with van der Waals surface area (Å²) in [5, 5.41) is 13.8. The zero-order valence-electron chi connectivity index (χ0n) is 19.2. The average molecular weight is 437 g/mol. The molecular formula is C24H32N6O2. The first-order chi connectivity index (χ1) is 15.3. The number of nitrogens with zero attached hydrogens (tertiary/aromatic N) is 3. The molecule has 2 aromatic carbocycles. The van der Waals surface area contributed by atoms with Crippen LogP contribution >= 0.6 is 0 Å². The van der Waals surface area contributed by atoms with Crippen molar-refractivity contribution in [1.29, 1.82) is 0 Å². The van der Waals surface area contributed by atoms with E-state index >= 15 is 0 Å². The lowest BCUT2D eigenvalue weighted by Crippen LogP contribution is -2.35. The van der Waals surface area contributed by atoms with Gasteiger partial charge in [-0.15, -0.1) is 10.2 Å². The zero-order valence-corrected chi connectivity index (χ0v) is 19.2. The van der Waals surface area contributed by atoms with Crippen molar-refractivity contribution >= 4 is 27.8 Å². The number of fused-ring (bicyclic) bond motifs is 1. The van der Waals surface area contributed by atoms with E-state index in [0.717, 1.165) is 42.6 Å². The summed E-state index contributed by atoms with van der Waals surface area (Å²) in [6, 6.07) is 11.8. The van der Waals surface area contributed by atoms with E-state index in [4.69, 9.17) is 0 Å². The molecule has 3 aromatic rings. The average Bonchev–Trinajstić information content (AvgIpc) is 2.73. The minimum atomic E-state index is -0.576. The van der Waals surface area contributed by atoms with Crippen molar-refractivity contribution in [2.24, 2.45) is 22.1 Å². The Morgan fingerprint density at radius 1 is 0.906 bits per heavy atom. The number of H-pyrrole nitrogens is 2. The molecule has 1 heterocycles. The first kappa shape index (κ1) is 23.4. The molecule has 1 aromatic heterocycles. The third-order valence-corrected chi connectivity index (χ3v) is 4.96. The van der Waals surface area contributed by atoms with E-state index in [2.05, 4.69) is 58.1 Å². The van der Waals surface area contributed by atoms with Crippen molar-refractivity contribution in [3.8, 4) is 0 Å². The second-order valence-corrected chi connectivity index (χ2v) is 8.81. The standard InChI is InChI=1S/C24H32N6O2/c1-16(2)14-30(15-17(3)4)12-11-25-20-9-10-21(19-8-6-5-7-18(19)20)28-29-22-13-26-24(32)27-23(22)31/h5-10,13,16-17,25H,11-12,14-15H2,1-4H3,(H2,26,27,31,32). The van der Waals surface area contributed by atoms with Gasteiger partial charge in [0.25, 0.3) is 5.56 Å². The normalized spacial score (nSPS) is 12.0. The van der Waals surface area contributed by atoms with Crippen LogP contribution in [0.5, 0.6) is 0 Å². The van der Waals surface area contributed by atoms with Gasteiger partial charge in [0.05, 0.1) is 5.69 Å². The fraction of sp³-hybridized carbons (Fsp3) is 0.417. The Morgan fingerprint density at radius 2 is 1.56 bits per heavy atom. The summed E-state index contributed by atoms with van der Waals surface area (Å²) in [4.78, 5) is 30.1. The molecule has 8 heteroatoms. The molecule has 0 amide bonds. The van der Waals surface area contributed by atoms with Crippen LogP contribution in [0, 0.1) is 11.8 Å². The first-order valence-corrected chi connectivity index (χ1v) is 11.0. The van der Waals surface area contributed by atoms with Crippen LogP contribution in [0.15, 0.2) is 62.4 Å². The summed E-state index contributed by atoms with van der Waals surface area (Å²) in [6.45, 7) is 13.0. The number of nitrogens with one attached hydrogen (secondary N) is 3. The Labute approximate surface area is 187 Å². The van der Waals surface area contributed by atoms with Gasteiger partial charge in [0.2, 0.25) is 0 Å². The van der Waals surface area contributed by atoms with Crippen LogP contribution in [0.25, 0.3) is 10.8 Å². The fourth-order valence-electron chi connectivity index (χ4n) is 3.75. The van der Waals surface area contributed by atoms with Crippen molar-refractivity contribution in [2.45, 2.75) is 27.7 Å². The number of azo groups is 1. The van der Waals surface area contributed by atoms with Gasteiger partial charge in [-0.1, -0.05) is 52.0 Å². The lowest BCUT2D eigenvalue weighted by atomic mass is 10.1. The van der Waals surface area contributed by atoms with Gasteiger partial charge in [-0.3, -0.25) is 9.78 Å². The highest BCUT2D eigenvalue weighted by molar-refractivity contribution is 6.00. The first-order valence-electron chi connectivity index (χ1n) is 11.0. The summed E-state index contributed by atoms with van der Waals surface area (Å²) in [5.41, 5.74) is 0.586. The number of aromatic amines is 2. The van der Waals surface area contributed by atoms with Crippen molar-refractivity contribution in [3.05, 3.63) is 63.4 Å². The Balaban J connectivity index is 1.78. The molecule has 0 aliphatic carbocycles. The molecule has 3 rings (SSSR count). The van der Waals surface area contributed by atoms with E-state index < -0.39 is 11.2 Å². The van der Waals surface area contributed by atoms with Gasteiger partial charge < -0.3 is 15.2 Å². The SMILES string of the molecule is CC(C)CN(CCNc1ccc(N=Nc2c[nH]c(=O)[nH]c2=O)c2ccccc12)CC(C)C. The third kappa shape index (κ3) is 6.37. The van der Waals surface area contributed by atoms with E-state index in [0.29, 0.717) is 17.5 Å². The highest BCUT2D eigenvalue weighted by atomic mass is 16.2. The minimum absolute atomic E-state index is 0.0475. The van der Waals surface area contributed by atoms with Gasteiger partial charge >= 0.3 is 5.69 Å². The van der Waals surface area contributed by atoms with E-state index in [-0.39, 0.29) is 5.69 Å². The Morgan fingerprint density at radius 3 is 2.22 bits per heavy atom. The lowest BCUT2D eigenvalue weighted by molar-refractivity contribution is 0.227. The van der Waals surface area contributed by atoms with Gasteiger partial charge in [0, 0.05) is 48.8 Å². The van der Waals surface area contributed by atoms with Crippen molar-refractivity contribution < 1.29 is 0 Å². The Bertz CT molecular complexity index is 1170. The summed E-state index contributed by atoms with van der Waals surface area (Å²) in [6.07, 6.45) is 1.25. The monoisotopic (exact) mass is 436 g/mol. The quantitative estimate of drug-likeness (QED) is 0.402. The second-order valence-electron chi connectivity index (χ2n) is 8.81. The summed E-state index contributed by atoms with van der Waals surface area (Å²) < 4.78 is 0. The molecule has 0 unspecified atom stereocenters. The molecule has 0 atom stereocenters. The van der Waals surface area contributed by atoms with Crippen molar-refractivity contribution in [3.63, 3.8) is 0 Å². The molecule has 0 aliphatic heterocycles. The predicted molar refractivity (Wildman–Crippen MR) is 130 cm³/mol. The Kier molecular flexibility index (Phi) is 7.94. The maximum Gasteiger partial charge on any atom is 0.325 e. The lowest BCUT2D eigenvalue weighted by Gasteiger charge is -2.26. The molecule has 0 saturated heterocycles. The predicted octanol–water partition coefficient (Wildman–Crippen LogP) is 4.66. The molecular weight excluding hydrogens is 404 g/mol. The van der Waals surface area contributed by atoms with Gasteiger partial charge in [0.1, 0.15) is 0 Å². The molecule has 0 radical (unpaired) electrons. The van der Waals surface area contributed by atoms with E-state index in [1.54, 1.807) is 0 Å². The topological polar surface area (TPSA) is 106 Å². The summed E-state index contributed by atoms with van der Waals surface area (Å²) >= 11 is 0. The maximum absolute atomic E-state index is 11.8. The van der Waals surface area contributed by atoms with E-state index in [1.807, 2.05) is 36.4 Å². The number of rotatable bonds is 10. The van der Waals surface area contributed by atoms with E-state index in [1.165, 1.54) is 6.20 Å². The van der Waals surface area contributed by atoms with E-state index in [9.17, 15) is 9.59 Å². The molecule has 0 saturated carbocycles. The van der Waals surface area contributed by atoms with Crippen LogP contribution in [0.2, 0.25) is 0 Å². The third-order valence-electron chi connectivity index (χ3n) is 4.96. The largest absolute Gasteiger partial charge is 0.383 e. The zero-order chi connectivity index (χ0) is 23.1. The van der Waals surface area contributed by atoms with Gasteiger partial charge in [0.15, 0.2) is 5.69 Å². The molecule has 0 spiro atoms. The number of hydrogen-bond donors (Lipinski definition) is 3. The van der Waals surface area contributed by atoms with Crippen LogP contribution in [0.3, 0.4) is 0 Å². The van der Waals surface area contributed by atoms with Crippen molar-refractivity contribution in [1.82, 2.24) is 14.9 Å². The molecule has 0 bridgehead atoms.